The molecule has 7 heteroatoms. The summed E-state index contributed by atoms with van der Waals surface area (Å²) in [5.41, 5.74) is 3.50. The van der Waals surface area contributed by atoms with Crippen molar-refractivity contribution in [3.8, 4) is 0 Å². The third kappa shape index (κ3) is 5.91. The molecular weight excluding hydrogens is 330 g/mol. The van der Waals surface area contributed by atoms with Crippen molar-refractivity contribution in [2.75, 3.05) is 17.2 Å². The third-order valence-corrected chi connectivity index (χ3v) is 3.95. The molecule has 0 aliphatic heterocycles. The summed E-state index contributed by atoms with van der Waals surface area (Å²) in [5.74, 6) is 0.213. The summed E-state index contributed by atoms with van der Waals surface area (Å²) in [6.45, 7) is 9.17. The molecule has 0 spiro atoms. The number of urea groups is 1. The zero-order chi connectivity index (χ0) is 19.1. The molecule has 0 fully saturated rings. The highest BCUT2D eigenvalue weighted by Crippen LogP contribution is 2.13. The van der Waals surface area contributed by atoms with Crippen molar-refractivity contribution >= 4 is 23.3 Å². The number of aromatic nitrogens is 2. The monoisotopic (exact) mass is 357 g/mol. The quantitative estimate of drug-likeness (QED) is 0.710. The lowest BCUT2D eigenvalue weighted by Gasteiger charge is -2.14. The van der Waals surface area contributed by atoms with Gasteiger partial charge < -0.3 is 16.0 Å². The zero-order valence-corrected chi connectivity index (χ0v) is 15.8. The Balaban J connectivity index is 1.77. The average Bonchev–Trinajstić information content (AvgIpc) is 2.92. The molecule has 0 aliphatic rings. The molecule has 140 valence electrons. The molecule has 0 radical (unpaired) electrons. The lowest BCUT2D eigenvalue weighted by atomic mass is 10.2. The van der Waals surface area contributed by atoms with Crippen LogP contribution in [0.25, 0.3) is 0 Å². The molecule has 0 bridgehead atoms. The number of carbonyl (C=O) groups is 2. The largest absolute Gasteiger partial charge is 0.338 e. The Hall–Kier alpha value is -2.83. The number of rotatable bonds is 7. The van der Waals surface area contributed by atoms with Gasteiger partial charge in [0.15, 0.2) is 0 Å². The van der Waals surface area contributed by atoms with Crippen LogP contribution in [0.5, 0.6) is 0 Å². The minimum atomic E-state index is -0.254. The van der Waals surface area contributed by atoms with Crippen LogP contribution in [0, 0.1) is 19.8 Å². The molecule has 2 rings (SSSR count). The van der Waals surface area contributed by atoms with Gasteiger partial charge in [-0.1, -0.05) is 13.8 Å². The van der Waals surface area contributed by atoms with E-state index in [1.165, 1.54) is 0 Å². The van der Waals surface area contributed by atoms with E-state index in [1.54, 1.807) is 31.2 Å². The number of amides is 3. The SMILES string of the molecule is CCC(=O)Nc1ccc(NC(=O)NCC(C)Cn2nc(C)cc2C)cc1. The summed E-state index contributed by atoms with van der Waals surface area (Å²) in [7, 11) is 0. The van der Waals surface area contributed by atoms with E-state index in [4.69, 9.17) is 0 Å². The second kappa shape index (κ2) is 9.03. The minimum Gasteiger partial charge on any atom is -0.338 e. The van der Waals surface area contributed by atoms with Crippen molar-refractivity contribution in [1.82, 2.24) is 15.1 Å². The van der Waals surface area contributed by atoms with Crippen LogP contribution in [-0.2, 0) is 11.3 Å². The van der Waals surface area contributed by atoms with Gasteiger partial charge >= 0.3 is 6.03 Å². The number of benzene rings is 1. The van der Waals surface area contributed by atoms with Crippen molar-refractivity contribution in [3.05, 3.63) is 41.7 Å². The lowest BCUT2D eigenvalue weighted by Crippen LogP contribution is -2.33. The molecule has 0 saturated heterocycles. The van der Waals surface area contributed by atoms with Gasteiger partial charge in [0.25, 0.3) is 0 Å². The van der Waals surface area contributed by atoms with Gasteiger partial charge in [-0.15, -0.1) is 0 Å². The highest BCUT2D eigenvalue weighted by atomic mass is 16.2. The summed E-state index contributed by atoms with van der Waals surface area (Å²) in [6.07, 6.45) is 0.429. The van der Waals surface area contributed by atoms with E-state index in [-0.39, 0.29) is 17.9 Å². The Labute approximate surface area is 154 Å². The Morgan fingerprint density at radius 2 is 1.73 bits per heavy atom. The molecule has 2 aromatic rings. The highest BCUT2D eigenvalue weighted by Gasteiger charge is 2.09. The number of hydrogen-bond acceptors (Lipinski definition) is 3. The molecule has 7 nitrogen and oxygen atoms in total. The predicted molar refractivity (Wildman–Crippen MR) is 103 cm³/mol. The van der Waals surface area contributed by atoms with Gasteiger partial charge in [0.05, 0.1) is 5.69 Å². The van der Waals surface area contributed by atoms with Crippen LogP contribution in [0.2, 0.25) is 0 Å². The van der Waals surface area contributed by atoms with Crippen LogP contribution in [-0.4, -0.2) is 28.3 Å². The summed E-state index contributed by atoms with van der Waals surface area (Å²) < 4.78 is 1.96. The first kappa shape index (κ1) is 19.5. The van der Waals surface area contributed by atoms with Gasteiger partial charge in [-0.2, -0.15) is 5.10 Å². The molecule has 0 aliphatic carbocycles. The maximum atomic E-state index is 12.0. The van der Waals surface area contributed by atoms with Crippen molar-refractivity contribution in [2.24, 2.45) is 5.92 Å². The first-order valence-corrected chi connectivity index (χ1v) is 8.83. The summed E-state index contributed by atoms with van der Waals surface area (Å²) in [6, 6.07) is 8.81. The number of aryl methyl sites for hydroxylation is 2. The number of nitrogens with one attached hydrogen (secondary N) is 3. The molecular formula is C19H27N5O2. The van der Waals surface area contributed by atoms with E-state index in [0.29, 0.717) is 24.3 Å². The fourth-order valence-corrected chi connectivity index (χ4v) is 2.55. The molecule has 1 atom stereocenters. The van der Waals surface area contributed by atoms with Crippen LogP contribution in [0.4, 0.5) is 16.2 Å². The number of hydrogen-bond donors (Lipinski definition) is 3. The Morgan fingerprint density at radius 3 is 2.27 bits per heavy atom. The highest BCUT2D eigenvalue weighted by molar-refractivity contribution is 5.92. The van der Waals surface area contributed by atoms with Crippen LogP contribution in [0.1, 0.15) is 31.7 Å². The van der Waals surface area contributed by atoms with Crippen LogP contribution in [0.3, 0.4) is 0 Å². The normalized spacial score (nSPS) is 11.7. The molecule has 1 unspecified atom stereocenters. The van der Waals surface area contributed by atoms with Gasteiger partial charge in [0, 0.05) is 36.6 Å². The van der Waals surface area contributed by atoms with Gasteiger partial charge in [-0.3, -0.25) is 9.48 Å². The minimum absolute atomic E-state index is 0.0416. The summed E-state index contributed by atoms with van der Waals surface area (Å²) in [4.78, 5) is 23.4. The smallest absolute Gasteiger partial charge is 0.319 e. The van der Waals surface area contributed by atoms with Gasteiger partial charge in [0.2, 0.25) is 5.91 Å². The van der Waals surface area contributed by atoms with Gasteiger partial charge in [-0.05, 0) is 50.1 Å². The summed E-state index contributed by atoms with van der Waals surface area (Å²) >= 11 is 0. The Bertz CT molecular complexity index is 752. The van der Waals surface area contributed by atoms with E-state index >= 15 is 0 Å². The molecule has 3 N–H and O–H groups in total. The molecule has 0 saturated carbocycles. The lowest BCUT2D eigenvalue weighted by molar-refractivity contribution is -0.115. The second-order valence-corrected chi connectivity index (χ2v) is 6.53. The van der Waals surface area contributed by atoms with Gasteiger partial charge in [-0.25, -0.2) is 4.79 Å². The first-order chi connectivity index (χ1) is 12.4. The molecule has 1 aromatic carbocycles. The van der Waals surface area contributed by atoms with E-state index in [9.17, 15) is 9.59 Å². The van der Waals surface area contributed by atoms with E-state index in [1.807, 2.05) is 24.6 Å². The summed E-state index contributed by atoms with van der Waals surface area (Å²) in [5, 5.41) is 12.9. The van der Waals surface area contributed by atoms with Crippen molar-refractivity contribution in [1.29, 1.82) is 0 Å². The van der Waals surface area contributed by atoms with E-state index in [0.717, 1.165) is 17.9 Å². The number of carbonyl (C=O) groups excluding carboxylic acids is 2. The molecule has 1 aromatic heterocycles. The predicted octanol–water partition coefficient (Wildman–Crippen LogP) is 3.31. The molecule has 26 heavy (non-hydrogen) atoms. The third-order valence-electron chi connectivity index (χ3n) is 3.95. The number of anilines is 2. The number of nitrogens with zero attached hydrogens (tertiary/aromatic N) is 2. The maximum Gasteiger partial charge on any atom is 0.319 e. The van der Waals surface area contributed by atoms with Gasteiger partial charge in [0.1, 0.15) is 0 Å². The van der Waals surface area contributed by atoms with E-state index < -0.39 is 0 Å². The van der Waals surface area contributed by atoms with Crippen LogP contribution >= 0.6 is 0 Å². The van der Waals surface area contributed by atoms with Crippen molar-refractivity contribution in [2.45, 2.75) is 40.7 Å². The fourth-order valence-electron chi connectivity index (χ4n) is 2.55. The second-order valence-electron chi connectivity index (χ2n) is 6.53. The van der Waals surface area contributed by atoms with Crippen LogP contribution in [0.15, 0.2) is 30.3 Å². The average molecular weight is 357 g/mol. The van der Waals surface area contributed by atoms with Crippen LogP contribution < -0.4 is 16.0 Å². The zero-order valence-electron chi connectivity index (χ0n) is 15.8. The van der Waals surface area contributed by atoms with Crippen molar-refractivity contribution in [3.63, 3.8) is 0 Å². The fraction of sp³-hybridized carbons (Fsp3) is 0.421. The Morgan fingerprint density at radius 1 is 1.12 bits per heavy atom. The molecule has 1 heterocycles. The maximum absolute atomic E-state index is 12.0. The van der Waals surface area contributed by atoms with E-state index in [2.05, 4.69) is 28.0 Å². The standard InChI is InChI=1S/C19H27N5O2/c1-5-18(25)21-16-6-8-17(9-7-16)22-19(26)20-11-13(2)12-24-15(4)10-14(3)23-24/h6-10,13H,5,11-12H2,1-4H3,(H,21,25)(H2,20,22,26). The first-order valence-electron chi connectivity index (χ1n) is 8.83. The topological polar surface area (TPSA) is 88.0 Å². The molecule has 3 amide bonds. The Kier molecular flexibility index (Phi) is 6.77. The van der Waals surface area contributed by atoms with Crippen molar-refractivity contribution < 1.29 is 9.59 Å².